The van der Waals surface area contributed by atoms with E-state index in [9.17, 15) is 22.8 Å². The van der Waals surface area contributed by atoms with Gasteiger partial charge in [-0.15, -0.1) is 0 Å². The fourth-order valence-electron chi connectivity index (χ4n) is 4.41. The number of ether oxygens (including phenoxy) is 1. The molecule has 0 aliphatic carbocycles. The largest absolute Gasteiger partial charge is 0.421 e. The molecule has 212 valence electrons. The van der Waals surface area contributed by atoms with Crippen LogP contribution in [0.2, 0.25) is 0 Å². The van der Waals surface area contributed by atoms with E-state index >= 15 is 0 Å². The topological polar surface area (TPSA) is 83.5 Å². The number of alkyl halides is 3. The number of halogens is 5. The molecule has 1 aromatic heterocycles. The highest BCUT2D eigenvalue weighted by Gasteiger charge is 2.31. The Kier molecular flexibility index (Phi) is 8.33. The molecule has 1 amide bonds. The Labute approximate surface area is 254 Å². The van der Waals surface area contributed by atoms with Crippen LogP contribution in [0.1, 0.15) is 37.5 Å². The van der Waals surface area contributed by atoms with Crippen molar-refractivity contribution in [2.45, 2.75) is 13.1 Å². The van der Waals surface area contributed by atoms with Crippen LogP contribution in [0.3, 0.4) is 0 Å². The number of aromatic amines is 1. The Balaban J connectivity index is 1.43. The summed E-state index contributed by atoms with van der Waals surface area (Å²) >= 11 is 6.68. The second kappa shape index (κ2) is 11.9. The molecular formula is C31H20Br2F3N3O3. The lowest BCUT2D eigenvalue weighted by Gasteiger charge is -2.12. The minimum Gasteiger partial charge on any atom is -0.421 e. The number of aryl methyl sites for hydroxylation is 1. The maximum atomic E-state index is 13.4. The molecule has 0 saturated carbocycles. The number of hydrazone groups is 1. The number of aromatic nitrogens is 1. The molecule has 0 saturated heterocycles. The van der Waals surface area contributed by atoms with Crippen LogP contribution in [0, 0.1) is 6.92 Å². The number of nitrogens with one attached hydrogen (secondary N) is 2. The van der Waals surface area contributed by atoms with Crippen LogP contribution in [0.15, 0.2) is 99.0 Å². The number of amides is 1. The number of nitrogens with zero attached hydrogens (tertiary/aromatic N) is 1. The van der Waals surface area contributed by atoms with E-state index in [1.54, 1.807) is 12.1 Å². The fraction of sp³-hybridized carbons (Fsp3) is 0.0645. The Hall–Kier alpha value is -4.22. The summed E-state index contributed by atoms with van der Waals surface area (Å²) in [5, 5.41) is 4.97. The molecule has 0 bridgehead atoms. The summed E-state index contributed by atoms with van der Waals surface area (Å²) in [4.78, 5) is 29.4. The van der Waals surface area contributed by atoms with E-state index in [-0.39, 0.29) is 16.9 Å². The van der Waals surface area contributed by atoms with Crippen molar-refractivity contribution in [2.75, 3.05) is 0 Å². The van der Waals surface area contributed by atoms with Crippen LogP contribution >= 0.6 is 31.9 Å². The maximum Gasteiger partial charge on any atom is 0.416 e. The Morgan fingerprint density at radius 1 is 0.952 bits per heavy atom. The quantitative estimate of drug-likeness (QED) is 0.0806. The van der Waals surface area contributed by atoms with Crippen LogP contribution in [0.4, 0.5) is 13.2 Å². The number of hydrogen-bond donors (Lipinski definition) is 2. The van der Waals surface area contributed by atoms with Crippen molar-refractivity contribution in [1.29, 1.82) is 0 Å². The van der Waals surface area contributed by atoms with E-state index < -0.39 is 23.6 Å². The number of carbonyl (C=O) groups excluding carboxylic acids is 2. The molecule has 5 rings (SSSR count). The van der Waals surface area contributed by atoms with Crippen molar-refractivity contribution in [3.8, 4) is 16.9 Å². The third-order valence-electron chi connectivity index (χ3n) is 6.36. The van der Waals surface area contributed by atoms with Crippen molar-refractivity contribution in [1.82, 2.24) is 10.4 Å². The minimum absolute atomic E-state index is 0.00446. The zero-order chi connectivity index (χ0) is 30.0. The van der Waals surface area contributed by atoms with Gasteiger partial charge in [0.1, 0.15) is 5.69 Å². The van der Waals surface area contributed by atoms with Crippen LogP contribution in [-0.4, -0.2) is 23.1 Å². The normalized spacial score (nSPS) is 11.7. The van der Waals surface area contributed by atoms with Crippen molar-refractivity contribution in [3.05, 3.63) is 122 Å². The van der Waals surface area contributed by atoms with E-state index in [0.717, 1.165) is 45.8 Å². The summed E-state index contributed by atoms with van der Waals surface area (Å²) in [6.45, 7) is 1.95. The number of benzene rings is 4. The lowest BCUT2D eigenvalue weighted by atomic mass is 10.0. The summed E-state index contributed by atoms with van der Waals surface area (Å²) in [7, 11) is 0. The molecule has 0 unspecified atom stereocenters. The van der Waals surface area contributed by atoms with E-state index in [1.807, 2.05) is 55.5 Å². The zero-order valence-electron chi connectivity index (χ0n) is 21.7. The molecule has 0 aliphatic heterocycles. The minimum atomic E-state index is -4.62. The number of hydrogen-bond acceptors (Lipinski definition) is 4. The first kappa shape index (κ1) is 29.3. The van der Waals surface area contributed by atoms with E-state index in [1.165, 1.54) is 12.3 Å². The third-order valence-corrected chi connectivity index (χ3v) is 7.41. The molecule has 0 fully saturated rings. The van der Waals surface area contributed by atoms with Gasteiger partial charge in [-0.05, 0) is 64.3 Å². The van der Waals surface area contributed by atoms with Gasteiger partial charge in [-0.25, -0.2) is 10.2 Å². The van der Waals surface area contributed by atoms with Gasteiger partial charge in [0.05, 0.1) is 21.8 Å². The Morgan fingerprint density at radius 3 is 2.43 bits per heavy atom. The first-order chi connectivity index (χ1) is 20.0. The number of rotatable bonds is 6. The number of esters is 1. The predicted octanol–water partition coefficient (Wildman–Crippen LogP) is 8.67. The Morgan fingerprint density at radius 2 is 1.69 bits per heavy atom. The number of H-pyrrole nitrogens is 1. The van der Waals surface area contributed by atoms with Crippen LogP contribution < -0.4 is 10.2 Å². The third kappa shape index (κ3) is 6.17. The lowest BCUT2D eigenvalue weighted by molar-refractivity contribution is -0.137. The highest BCUT2D eigenvalue weighted by atomic mass is 79.9. The fourth-order valence-corrected chi connectivity index (χ4v) is 5.75. The monoisotopic (exact) mass is 697 g/mol. The van der Waals surface area contributed by atoms with Crippen molar-refractivity contribution in [2.24, 2.45) is 5.10 Å². The van der Waals surface area contributed by atoms with Crippen molar-refractivity contribution in [3.63, 3.8) is 0 Å². The van der Waals surface area contributed by atoms with Gasteiger partial charge in [-0.2, -0.15) is 18.3 Å². The first-order valence-electron chi connectivity index (χ1n) is 12.4. The second-order valence-electron chi connectivity index (χ2n) is 9.21. The Bertz CT molecular complexity index is 1850. The second-order valence-corrected chi connectivity index (χ2v) is 11.0. The van der Waals surface area contributed by atoms with E-state index in [4.69, 9.17) is 4.74 Å². The van der Waals surface area contributed by atoms with Gasteiger partial charge < -0.3 is 9.72 Å². The zero-order valence-corrected chi connectivity index (χ0v) is 24.9. The molecule has 6 nitrogen and oxygen atoms in total. The molecule has 0 atom stereocenters. The van der Waals surface area contributed by atoms with Crippen molar-refractivity contribution >= 4 is 60.9 Å². The number of para-hydroxylation sites is 1. The SMILES string of the molecule is Cc1cccc2c(-c3ccccc3)c(C(=O)NN=Cc3cc(Br)cc(Br)c3OC(=O)c3cccc(C(F)(F)F)c3)[nH]c12. The highest BCUT2D eigenvalue weighted by Crippen LogP contribution is 2.35. The van der Waals surface area contributed by atoms with Gasteiger partial charge >= 0.3 is 12.1 Å². The number of carbonyl (C=O) groups is 2. The molecule has 2 N–H and O–H groups in total. The van der Waals surface area contributed by atoms with Gasteiger partial charge in [0, 0.05) is 26.5 Å². The van der Waals surface area contributed by atoms with E-state index in [2.05, 4.69) is 47.4 Å². The van der Waals surface area contributed by atoms with Gasteiger partial charge in [-0.3, -0.25) is 4.79 Å². The van der Waals surface area contributed by atoms with E-state index in [0.29, 0.717) is 14.6 Å². The summed E-state index contributed by atoms with van der Waals surface area (Å²) < 4.78 is 45.8. The number of fused-ring (bicyclic) bond motifs is 1. The summed E-state index contributed by atoms with van der Waals surface area (Å²) in [6, 6.07) is 22.4. The molecule has 0 aliphatic rings. The molecule has 0 radical (unpaired) electrons. The molecular weight excluding hydrogens is 679 g/mol. The molecule has 4 aromatic carbocycles. The average molecular weight is 699 g/mol. The van der Waals surface area contributed by atoms with Gasteiger partial charge in [0.2, 0.25) is 0 Å². The van der Waals surface area contributed by atoms with Gasteiger partial charge in [0.15, 0.2) is 5.75 Å². The summed E-state index contributed by atoms with van der Waals surface area (Å²) in [5.41, 5.74) is 5.22. The summed E-state index contributed by atoms with van der Waals surface area (Å²) in [6.07, 6.45) is -3.34. The smallest absolute Gasteiger partial charge is 0.416 e. The molecule has 5 aromatic rings. The first-order valence-corrected chi connectivity index (χ1v) is 14.0. The molecule has 1 heterocycles. The lowest BCUT2D eigenvalue weighted by Crippen LogP contribution is -2.19. The van der Waals surface area contributed by atoms with Crippen LogP contribution in [0.5, 0.6) is 5.75 Å². The highest BCUT2D eigenvalue weighted by molar-refractivity contribution is 9.11. The molecule has 42 heavy (non-hydrogen) atoms. The maximum absolute atomic E-state index is 13.4. The summed E-state index contributed by atoms with van der Waals surface area (Å²) in [5.74, 6) is -1.49. The van der Waals surface area contributed by atoms with Gasteiger partial charge in [0.25, 0.3) is 5.91 Å². The van der Waals surface area contributed by atoms with Crippen LogP contribution in [-0.2, 0) is 6.18 Å². The van der Waals surface area contributed by atoms with Crippen LogP contribution in [0.25, 0.3) is 22.0 Å². The molecule has 0 spiro atoms. The van der Waals surface area contributed by atoms with Gasteiger partial charge in [-0.1, -0.05) is 70.5 Å². The van der Waals surface area contributed by atoms with Crippen molar-refractivity contribution < 1.29 is 27.5 Å². The molecule has 11 heteroatoms. The predicted molar refractivity (Wildman–Crippen MR) is 162 cm³/mol. The standard InChI is InChI=1S/C31H20Br2F3N3O3/c1-17-7-5-12-23-25(18-8-3-2-4-9-18)27(38-26(17)23)29(40)39-37-16-20-14-22(32)15-24(33)28(20)42-30(41)19-10-6-11-21(13-19)31(34,35)36/h2-16,38H,1H3,(H,39,40). The average Bonchev–Trinajstić information content (AvgIpc) is 3.36.